The SMILES string of the molecule is Cc1c(N2CCC(C(=O)NCCCN(C)c3ccccc3)CC2)c(=O)n(C)c(=O)n1-c1ccccc1. The van der Waals surface area contributed by atoms with Crippen molar-refractivity contribution in [1.82, 2.24) is 14.5 Å². The Labute approximate surface area is 211 Å². The van der Waals surface area contributed by atoms with Crippen LogP contribution in [0.1, 0.15) is 25.0 Å². The highest BCUT2D eigenvalue weighted by molar-refractivity contribution is 5.79. The lowest BCUT2D eigenvalue weighted by atomic mass is 9.95. The Balaban J connectivity index is 1.35. The summed E-state index contributed by atoms with van der Waals surface area (Å²) < 4.78 is 2.75. The van der Waals surface area contributed by atoms with Crippen molar-refractivity contribution in [2.24, 2.45) is 13.0 Å². The van der Waals surface area contributed by atoms with Crippen LogP contribution in [0.25, 0.3) is 5.69 Å². The molecule has 8 heteroatoms. The zero-order valence-corrected chi connectivity index (χ0v) is 21.3. The minimum absolute atomic E-state index is 0.0720. The maximum atomic E-state index is 13.1. The number of aromatic nitrogens is 2. The Bertz CT molecular complexity index is 1290. The summed E-state index contributed by atoms with van der Waals surface area (Å²) in [7, 11) is 3.57. The second-order valence-electron chi connectivity index (χ2n) is 9.41. The summed E-state index contributed by atoms with van der Waals surface area (Å²) in [6, 6.07) is 19.5. The van der Waals surface area contributed by atoms with Gasteiger partial charge >= 0.3 is 5.69 Å². The van der Waals surface area contributed by atoms with Crippen LogP contribution in [-0.4, -0.2) is 48.3 Å². The van der Waals surface area contributed by atoms with Gasteiger partial charge in [0.15, 0.2) is 0 Å². The van der Waals surface area contributed by atoms with Crippen LogP contribution in [0.4, 0.5) is 11.4 Å². The summed E-state index contributed by atoms with van der Waals surface area (Å²) in [6.45, 7) is 4.51. The first-order chi connectivity index (χ1) is 17.4. The van der Waals surface area contributed by atoms with Crippen LogP contribution >= 0.6 is 0 Å². The first kappa shape index (κ1) is 25.3. The molecule has 1 amide bonds. The summed E-state index contributed by atoms with van der Waals surface area (Å²) in [5, 5.41) is 3.09. The number of para-hydroxylation sites is 2. The Morgan fingerprint density at radius 2 is 1.61 bits per heavy atom. The van der Waals surface area contributed by atoms with E-state index in [2.05, 4.69) is 29.4 Å². The number of anilines is 2. The zero-order valence-electron chi connectivity index (χ0n) is 21.3. The monoisotopic (exact) mass is 489 g/mol. The van der Waals surface area contributed by atoms with Gasteiger partial charge in [-0.05, 0) is 50.5 Å². The lowest BCUT2D eigenvalue weighted by Gasteiger charge is -2.34. The van der Waals surface area contributed by atoms with E-state index in [1.54, 1.807) is 4.57 Å². The van der Waals surface area contributed by atoms with Gasteiger partial charge in [0.25, 0.3) is 5.56 Å². The highest BCUT2D eigenvalue weighted by Crippen LogP contribution is 2.24. The molecule has 2 aromatic carbocycles. The van der Waals surface area contributed by atoms with Crippen molar-refractivity contribution in [3.8, 4) is 5.69 Å². The third kappa shape index (κ3) is 5.37. The zero-order chi connectivity index (χ0) is 25.7. The summed E-state index contributed by atoms with van der Waals surface area (Å²) in [6.07, 6.45) is 2.21. The molecule has 1 fully saturated rings. The molecule has 1 N–H and O–H groups in total. The van der Waals surface area contributed by atoms with Gasteiger partial charge < -0.3 is 15.1 Å². The van der Waals surface area contributed by atoms with Crippen LogP contribution in [0, 0.1) is 12.8 Å². The van der Waals surface area contributed by atoms with Crippen LogP contribution in [0.5, 0.6) is 0 Å². The van der Waals surface area contributed by atoms with Crippen molar-refractivity contribution in [3.05, 3.63) is 87.2 Å². The van der Waals surface area contributed by atoms with Crippen molar-refractivity contribution in [2.75, 3.05) is 43.0 Å². The maximum Gasteiger partial charge on any atom is 0.335 e. The molecule has 8 nitrogen and oxygen atoms in total. The van der Waals surface area contributed by atoms with E-state index in [0.717, 1.165) is 24.3 Å². The molecule has 0 radical (unpaired) electrons. The molecular weight excluding hydrogens is 454 g/mol. The molecule has 0 aliphatic carbocycles. The molecule has 0 atom stereocenters. The molecule has 2 heterocycles. The normalized spacial score (nSPS) is 14.0. The van der Waals surface area contributed by atoms with E-state index in [1.165, 1.54) is 11.6 Å². The van der Waals surface area contributed by atoms with Crippen molar-refractivity contribution >= 4 is 17.3 Å². The number of carbonyl (C=O) groups excluding carboxylic acids is 1. The predicted molar refractivity (Wildman–Crippen MR) is 144 cm³/mol. The van der Waals surface area contributed by atoms with Gasteiger partial charge in [0.05, 0.1) is 11.4 Å². The molecule has 1 aliphatic heterocycles. The second-order valence-corrected chi connectivity index (χ2v) is 9.41. The van der Waals surface area contributed by atoms with Gasteiger partial charge in [-0.15, -0.1) is 0 Å². The third-order valence-electron chi connectivity index (χ3n) is 7.03. The van der Waals surface area contributed by atoms with Gasteiger partial charge in [0, 0.05) is 51.9 Å². The Morgan fingerprint density at radius 1 is 1.00 bits per heavy atom. The lowest BCUT2D eigenvalue weighted by Crippen LogP contribution is -2.46. The standard InChI is InChI=1S/C28H35N5O3/c1-21-25(27(35)31(3)28(36)33(21)24-13-8-5-9-14-24)32-19-15-22(16-20-32)26(34)29-17-10-18-30(2)23-11-6-4-7-12-23/h4-9,11-14,22H,10,15-20H2,1-3H3,(H,29,34). The average Bonchev–Trinajstić information content (AvgIpc) is 2.91. The van der Waals surface area contributed by atoms with Gasteiger partial charge in [0.1, 0.15) is 5.69 Å². The molecule has 0 saturated carbocycles. The van der Waals surface area contributed by atoms with Crippen LogP contribution in [0.15, 0.2) is 70.3 Å². The first-order valence-electron chi connectivity index (χ1n) is 12.6. The third-order valence-corrected chi connectivity index (χ3v) is 7.03. The summed E-state index contributed by atoms with van der Waals surface area (Å²) in [5.41, 5.74) is 2.39. The number of hydrogen-bond donors (Lipinski definition) is 1. The van der Waals surface area contributed by atoms with E-state index < -0.39 is 0 Å². The minimum Gasteiger partial charge on any atom is -0.375 e. The van der Waals surface area contributed by atoms with Gasteiger partial charge in [-0.1, -0.05) is 36.4 Å². The van der Waals surface area contributed by atoms with Crippen molar-refractivity contribution in [2.45, 2.75) is 26.2 Å². The quantitative estimate of drug-likeness (QED) is 0.492. The molecule has 190 valence electrons. The van der Waals surface area contributed by atoms with E-state index in [1.807, 2.05) is 60.4 Å². The van der Waals surface area contributed by atoms with E-state index >= 15 is 0 Å². The fraction of sp³-hybridized carbons (Fsp3) is 0.393. The minimum atomic E-state index is -0.361. The number of nitrogens with one attached hydrogen (secondary N) is 1. The molecule has 3 aromatic rings. The van der Waals surface area contributed by atoms with Crippen LogP contribution < -0.4 is 26.4 Å². The Hall–Kier alpha value is -3.81. The molecule has 1 saturated heterocycles. The maximum absolute atomic E-state index is 13.1. The summed E-state index contributed by atoms with van der Waals surface area (Å²) >= 11 is 0. The Kier molecular flexibility index (Phi) is 7.93. The number of piperidine rings is 1. The average molecular weight is 490 g/mol. The molecular formula is C28H35N5O3. The molecule has 4 rings (SSSR count). The van der Waals surface area contributed by atoms with Crippen molar-refractivity contribution in [1.29, 1.82) is 0 Å². The largest absolute Gasteiger partial charge is 0.375 e. The second kappa shape index (κ2) is 11.3. The molecule has 1 aromatic heterocycles. The highest BCUT2D eigenvalue weighted by atomic mass is 16.2. The van der Waals surface area contributed by atoms with E-state index in [0.29, 0.717) is 43.9 Å². The topological polar surface area (TPSA) is 79.6 Å². The number of benzene rings is 2. The smallest absolute Gasteiger partial charge is 0.335 e. The van der Waals surface area contributed by atoms with Crippen molar-refractivity contribution in [3.63, 3.8) is 0 Å². The predicted octanol–water partition coefficient (Wildman–Crippen LogP) is 2.70. The fourth-order valence-electron chi connectivity index (χ4n) is 4.89. The number of amides is 1. The van der Waals surface area contributed by atoms with Gasteiger partial charge in [-0.25, -0.2) is 4.79 Å². The summed E-state index contributed by atoms with van der Waals surface area (Å²) in [5.74, 6) is 0.00758. The van der Waals surface area contributed by atoms with Crippen LogP contribution in [-0.2, 0) is 11.8 Å². The van der Waals surface area contributed by atoms with Gasteiger partial charge in [-0.3, -0.25) is 18.7 Å². The molecule has 0 bridgehead atoms. The van der Waals surface area contributed by atoms with Crippen LogP contribution in [0.3, 0.4) is 0 Å². The van der Waals surface area contributed by atoms with Gasteiger partial charge in [0.2, 0.25) is 5.91 Å². The highest BCUT2D eigenvalue weighted by Gasteiger charge is 2.28. The molecule has 0 spiro atoms. The van der Waals surface area contributed by atoms with E-state index in [9.17, 15) is 14.4 Å². The van der Waals surface area contributed by atoms with E-state index in [4.69, 9.17) is 0 Å². The van der Waals surface area contributed by atoms with E-state index in [-0.39, 0.29) is 23.1 Å². The van der Waals surface area contributed by atoms with Gasteiger partial charge in [-0.2, -0.15) is 0 Å². The number of nitrogens with zero attached hydrogens (tertiary/aromatic N) is 4. The summed E-state index contributed by atoms with van der Waals surface area (Å²) in [4.78, 5) is 42.9. The Morgan fingerprint density at radius 3 is 2.25 bits per heavy atom. The lowest BCUT2D eigenvalue weighted by molar-refractivity contribution is -0.125. The first-order valence-corrected chi connectivity index (χ1v) is 12.6. The number of carbonyl (C=O) groups is 1. The molecule has 36 heavy (non-hydrogen) atoms. The molecule has 1 aliphatic rings. The molecule has 0 unspecified atom stereocenters. The number of hydrogen-bond acceptors (Lipinski definition) is 5. The fourth-order valence-corrected chi connectivity index (χ4v) is 4.89. The van der Waals surface area contributed by atoms with Crippen LogP contribution in [0.2, 0.25) is 0 Å². The van der Waals surface area contributed by atoms with Crippen molar-refractivity contribution < 1.29 is 4.79 Å². The number of rotatable bonds is 8.